The molecule has 0 unspecified atom stereocenters. The first-order valence-electron chi connectivity index (χ1n) is 4.94. The number of halogens is 2. The number of nitrogens with zero attached hydrogens (tertiary/aromatic N) is 1. The van der Waals surface area contributed by atoms with Crippen molar-refractivity contribution in [1.82, 2.24) is 0 Å². The van der Waals surface area contributed by atoms with Crippen LogP contribution in [0.5, 0.6) is 0 Å². The van der Waals surface area contributed by atoms with Gasteiger partial charge in [0, 0.05) is 24.4 Å². The van der Waals surface area contributed by atoms with Crippen LogP contribution in [0.4, 0.5) is 20.2 Å². The highest BCUT2D eigenvalue weighted by molar-refractivity contribution is 5.50. The summed E-state index contributed by atoms with van der Waals surface area (Å²) in [7, 11) is 0. The number of rotatable bonds is 7. The Balaban J connectivity index is 2.31. The summed E-state index contributed by atoms with van der Waals surface area (Å²) in [5.74, 6) is 0. The van der Waals surface area contributed by atoms with Gasteiger partial charge in [0.25, 0.3) is 12.1 Å². The fourth-order valence-electron chi connectivity index (χ4n) is 1.17. The maximum Gasteiger partial charge on any atom is 0.271 e. The lowest BCUT2D eigenvalue weighted by Gasteiger charge is -2.06. The molecule has 0 spiro atoms. The topological polar surface area (TPSA) is 64.4 Å². The fourth-order valence-corrected chi connectivity index (χ4v) is 1.17. The molecule has 0 aliphatic rings. The second kappa shape index (κ2) is 6.74. The maximum atomic E-state index is 11.7. The van der Waals surface area contributed by atoms with Crippen LogP contribution in [-0.4, -0.2) is 31.1 Å². The smallest absolute Gasteiger partial charge is 0.271 e. The highest BCUT2D eigenvalue weighted by atomic mass is 19.3. The summed E-state index contributed by atoms with van der Waals surface area (Å²) >= 11 is 0. The zero-order valence-corrected chi connectivity index (χ0v) is 8.94. The predicted octanol–water partition coefficient (Wildman–Crippen LogP) is 2.29. The van der Waals surface area contributed by atoms with E-state index in [0.717, 1.165) is 0 Å². The molecule has 1 rings (SSSR count). The highest BCUT2D eigenvalue weighted by Gasteiger charge is 2.05. The van der Waals surface area contributed by atoms with Crippen molar-refractivity contribution < 1.29 is 18.4 Å². The van der Waals surface area contributed by atoms with Crippen LogP contribution < -0.4 is 5.32 Å². The Labute approximate surface area is 96.5 Å². The van der Waals surface area contributed by atoms with Crippen LogP contribution in [0.25, 0.3) is 0 Å². The Hall–Kier alpha value is -1.76. The maximum absolute atomic E-state index is 11.7. The normalized spacial score (nSPS) is 10.5. The van der Waals surface area contributed by atoms with Crippen LogP contribution in [0, 0.1) is 10.1 Å². The number of nitro benzene ring substituents is 1. The van der Waals surface area contributed by atoms with E-state index in [9.17, 15) is 18.9 Å². The Kier molecular flexibility index (Phi) is 5.28. The zero-order valence-electron chi connectivity index (χ0n) is 8.94. The minimum absolute atomic E-state index is 0.0245. The molecule has 0 amide bonds. The zero-order chi connectivity index (χ0) is 12.7. The third kappa shape index (κ3) is 5.21. The Morgan fingerprint density at radius 1 is 1.47 bits per heavy atom. The number of benzene rings is 1. The number of non-ortho nitro benzene ring substituents is 1. The van der Waals surface area contributed by atoms with Gasteiger partial charge < -0.3 is 10.1 Å². The SMILES string of the molecule is O=[N+]([O-])c1cccc(NCCOCC(F)F)c1. The third-order valence-corrected chi connectivity index (χ3v) is 1.88. The van der Waals surface area contributed by atoms with Gasteiger partial charge in [-0.1, -0.05) is 6.07 Å². The first-order valence-corrected chi connectivity index (χ1v) is 4.94. The summed E-state index contributed by atoms with van der Waals surface area (Å²) in [6.07, 6.45) is -2.48. The molecular formula is C10H12F2N2O3. The van der Waals surface area contributed by atoms with Gasteiger partial charge in [-0.15, -0.1) is 0 Å². The van der Waals surface area contributed by atoms with Crippen molar-refractivity contribution in [3.63, 3.8) is 0 Å². The number of hydrogen-bond acceptors (Lipinski definition) is 4. The first-order chi connectivity index (χ1) is 8.09. The molecule has 0 aliphatic heterocycles. The van der Waals surface area contributed by atoms with Gasteiger partial charge >= 0.3 is 0 Å². The van der Waals surface area contributed by atoms with E-state index >= 15 is 0 Å². The lowest BCUT2D eigenvalue weighted by Crippen LogP contribution is -2.13. The molecule has 0 heterocycles. The van der Waals surface area contributed by atoms with Gasteiger partial charge in [-0.25, -0.2) is 8.78 Å². The molecule has 7 heteroatoms. The van der Waals surface area contributed by atoms with Gasteiger partial charge in [0.2, 0.25) is 0 Å². The summed E-state index contributed by atoms with van der Waals surface area (Å²) in [6.45, 7) is -0.169. The van der Waals surface area contributed by atoms with Gasteiger partial charge in [-0.2, -0.15) is 0 Å². The second-order valence-electron chi connectivity index (χ2n) is 3.20. The molecule has 0 atom stereocenters. The molecule has 5 nitrogen and oxygen atoms in total. The summed E-state index contributed by atoms with van der Waals surface area (Å²) in [6, 6.07) is 5.94. The monoisotopic (exact) mass is 246 g/mol. The molecular weight excluding hydrogens is 234 g/mol. The third-order valence-electron chi connectivity index (χ3n) is 1.88. The van der Waals surface area contributed by atoms with Crippen molar-refractivity contribution in [1.29, 1.82) is 0 Å². The van der Waals surface area contributed by atoms with Crippen molar-refractivity contribution in [2.75, 3.05) is 25.1 Å². The van der Waals surface area contributed by atoms with Crippen molar-refractivity contribution in [2.45, 2.75) is 6.43 Å². The van der Waals surface area contributed by atoms with Crippen LogP contribution in [0.2, 0.25) is 0 Å². The number of ether oxygens (including phenoxy) is 1. The average Bonchev–Trinajstić information content (AvgIpc) is 2.28. The molecule has 0 aliphatic carbocycles. The van der Waals surface area contributed by atoms with Crippen LogP contribution >= 0.6 is 0 Å². The molecule has 0 saturated heterocycles. The van der Waals surface area contributed by atoms with E-state index in [1.165, 1.54) is 12.1 Å². The van der Waals surface area contributed by atoms with Gasteiger partial charge in [-0.05, 0) is 6.07 Å². The van der Waals surface area contributed by atoms with Gasteiger partial charge in [-0.3, -0.25) is 10.1 Å². The summed E-state index contributed by atoms with van der Waals surface area (Å²) < 4.78 is 28.1. The first kappa shape index (κ1) is 13.3. The Morgan fingerprint density at radius 3 is 2.88 bits per heavy atom. The predicted molar refractivity (Wildman–Crippen MR) is 58.4 cm³/mol. The Bertz CT molecular complexity index is 374. The van der Waals surface area contributed by atoms with E-state index in [1.54, 1.807) is 12.1 Å². The van der Waals surface area contributed by atoms with E-state index in [-0.39, 0.29) is 12.3 Å². The molecule has 0 radical (unpaired) electrons. The molecule has 0 fully saturated rings. The summed E-state index contributed by atoms with van der Waals surface area (Å²) in [5.41, 5.74) is 0.531. The number of alkyl halides is 2. The van der Waals surface area contributed by atoms with E-state index in [2.05, 4.69) is 10.1 Å². The van der Waals surface area contributed by atoms with Crippen molar-refractivity contribution >= 4 is 11.4 Å². The van der Waals surface area contributed by atoms with Crippen LogP contribution in [0.1, 0.15) is 0 Å². The number of anilines is 1. The van der Waals surface area contributed by atoms with Gasteiger partial charge in [0.05, 0.1) is 11.5 Å². The number of nitrogens with one attached hydrogen (secondary N) is 1. The molecule has 0 bridgehead atoms. The van der Waals surface area contributed by atoms with Crippen LogP contribution in [0.3, 0.4) is 0 Å². The molecule has 17 heavy (non-hydrogen) atoms. The standard InChI is InChI=1S/C10H12F2N2O3/c11-10(12)7-17-5-4-13-8-2-1-3-9(6-8)14(15)16/h1-3,6,10,13H,4-5,7H2. The van der Waals surface area contributed by atoms with Crippen LogP contribution in [-0.2, 0) is 4.74 Å². The molecule has 0 saturated carbocycles. The van der Waals surface area contributed by atoms with E-state index < -0.39 is 18.0 Å². The lowest BCUT2D eigenvalue weighted by molar-refractivity contribution is -0.384. The highest BCUT2D eigenvalue weighted by Crippen LogP contribution is 2.16. The van der Waals surface area contributed by atoms with E-state index in [1.807, 2.05) is 0 Å². The van der Waals surface area contributed by atoms with E-state index in [0.29, 0.717) is 12.2 Å². The molecule has 1 N–H and O–H groups in total. The minimum Gasteiger partial charge on any atom is -0.383 e. The van der Waals surface area contributed by atoms with Crippen molar-refractivity contribution in [3.05, 3.63) is 34.4 Å². The number of nitro groups is 1. The van der Waals surface area contributed by atoms with Crippen molar-refractivity contribution in [3.8, 4) is 0 Å². The Morgan fingerprint density at radius 2 is 2.24 bits per heavy atom. The number of hydrogen-bond donors (Lipinski definition) is 1. The molecule has 1 aromatic rings. The van der Waals surface area contributed by atoms with Crippen molar-refractivity contribution in [2.24, 2.45) is 0 Å². The average molecular weight is 246 g/mol. The quantitative estimate of drug-likeness (QED) is 0.455. The molecule has 0 aromatic heterocycles. The van der Waals surface area contributed by atoms with Gasteiger partial charge in [0.1, 0.15) is 6.61 Å². The summed E-state index contributed by atoms with van der Waals surface area (Å²) in [5, 5.41) is 13.3. The van der Waals surface area contributed by atoms with E-state index in [4.69, 9.17) is 0 Å². The second-order valence-corrected chi connectivity index (χ2v) is 3.20. The lowest BCUT2D eigenvalue weighted by atomic mass is 10.3. The summed E-state index contributed by atoms with van der Waals surface area (Å²) in [4.78, 5) is 9.97. The largest absolute Gasteiger partial charge is 0.383 e. The molecule has 94 valence electrons. The van der Waals surface area contributed by atoms with Gasteiger partial charge in [0.15, 0.2) is 0 Å². The fraction of sp³-hybridized carbons (Fsp3) is 0.400. The molecule has 1 aromatic carbocycles. The minimum atomic E-state index is -2.48. The van der Waals surface area contributed by atoms with Crippen LogP contribution in [0.15, 0.2) is 24.3 Å².